The molecule has 1 aromatic heterocycles. The molecule has 2 aromatic rings. The molecule has 0 unspecified atom stereocenters. The van der Waals surface area contributed by atoms with Crippen molar-refractivity contribution in [1.29, 1.82) is 0 Å². The molecule has 0 atom stereocenters. The molecule has 0 saturated carbocycles. The molecule has 1 saturated heterocycles. The van der Waals surface area contributed by atoms with Gasteiger partial charge in [0.15, 0.2) is 5.13 Å². The van der Waals surface area contributed by atoms with E-state index < -0.39 is 5.97 Å². The van der Waals surface area contributed by atoms with Crippen molar-refractivity contribution in [3.05, 3.63) is 46.3 Å². The number of aliphatic carboxylic acids is 1. The zero-order valence-electron chi connectivity index (χ0n) is 15.4. The molecule has 1 aromatic carbocycles. The quantitative estimate of drug-likeness (QED) is 0.508. The molecule has 0 bridgehead atoms. The van der Waals surface area contributed by atoms with Gasteiger partial charge >= 0.3 is 5.97 Å². The van der Waals surface area contributed by atoms with Crippen molar-refractivity contribution >= 4 is 74.3 Å². The lowest BCUT2D eigenvalue weighted by molar-refractivity contribution is -0.137. The van der Waals surface area contributed by atoms with Crippen LogP contribution in [-0.2, 0) is 14.4 Å². The summed E-state index contributed by atoms with van der Waals surface area (Å²) in [4.78, 5) is 43.2. The molecule has 29 heavy (non-hydrogen) atoms. The maximum Gasteiger partial charge on any atom is 0.303 e. The number of carbonyl (C=O) groups is 3. The van der Waals surface area contributed by atoms with E-state index in [0.29, 0.717) is 32.2 Å². The summed E-state index contributed by atoms with van der Waals surface area (Å²) in [6, 6.07) is 9.20. The Labute approximate surface area is 181 Å². The lowest BCUT2D eigenvalue weighted by Gasteiger charge is -2.17. The van der Waals surface area contributed by atoms with Gasteiger partial charge in [-0.25, -0.2) is 4.98 Å². The molecule has 10 heteroatoms. The number of rotatable bonds is 7. The Kier molecular flexibility index (Phi) is 6.78. The van der Waals surface area contributed by atoms with Crippen molar-refractivity contribution in [2.75, 3.05) is 11.4 Å². The molecule has 2 amide bonds. The third kappa shape index (κ3) is 5.08. The Morgan fingerprint density at radius 2 is 2.03 bits per heavy atom. The van der Waals surface area contributed by atoms with E-state index in [1.807, 2.05) is 30.3 Å². The highest BCUT2D eigenvalue weighted by Gasteiger charge is 2.32. The van der Waals surface area contributed by atoms with E-state index in [1.54, 1.807) is 11.5 Å². The van der Waals surface area contributed by atoms with Gasteiger partial charge in [-0.3, -0.25) is 24.2 Å². The molecule has 1 fully saturated rings. The predicted octanol–water partition coefficient (Wildman–Crippen LogP) is 3.89. The van der Waals surface area contributed by atoms with E-state index in [4.69, 9.17) is 17.3 Å². The van der Waals surface area contributed by atoms with Crippen molar-refractivity contribution < 1.29 is 19.5 Å². The van der Waals surface area contributed by atoms with Crippen molar-refractivity contribution in [1.82, 2.24) is 9.88 Å². The first-order chi connectivity index (χ1) is 13.9. The molecule has 7 nitrogen and oxygen atoms in total. The van der Waals surface area contributed by atoms with Crippen LogP contribution in [0.15, 0.2) is 40.6 Å². The summed E-state index contributed by atoms with van der Waals surface area (Å²) in [6.45, 7) is 1.74. The molecule has 1 aliphatic heterocycles. The first-order valence-corrected chi connectivity index (χ1v) is 10.8. The van der Waals surface area contributed by atoms with Gasteiger partial charge in [-0.2, -0.15) is 0 Å². The van der Waals surface area contributed by atoms with E-state index in [2.05, 4.69) is 4.98 Å². The van der Waals surface area contributed by atoms with Gasteiger partial charge < -0.3 is 5.11 Å². The van der Waals surface area contributed by atoms with Crippen molar-refractivity contribution in [2.24, 2.45) is 0 Å². The summed E-state index contributed by atoms with van der Waals surface area (Å²) in [5, 5.41) is 11.0. The van der Waals surface area contributed by atoms with Crippen LogP contribution in [0.2, 0.25) is 0 Å². The summed E-state index contributed by atoms with van der Waals surface area (Å²) in [5.41, 5.74) is 1.27. The minimum Gasteiger partial charge on any atom is -0.481 e. The summed E-state index contributed by atoms with van der Waals surface area (Å²) >= 11 is 7.71. The molecule has 3 rings (SSSR count). The van der Waals surface area contributed by atoms with Crippen LogP contribution >= 0.6 is 35.3 Å². The number of benzene rings is 1. The van der Waals surface area contributed by atoms with Crippen molar-refractivity contribution in [3.63, 3.8) is 0 Å². The number of hydrogen-bond acceptors (Lipinski definition) is 7. The fraction of sp³-hybridized carbons (Fsp3) is 0.211. The number of carboxylic acid groups (broad SMARTS) is 1. The summed E-state index contributed by atoms with van der Waals surface area (Å²) < 4.78 is 0.400. The Hall–Kier alpha value is -2.56. The van der Waals surface area contributed by atoms with Gasteiger partial charge in [0.2, 0.25) is 5.91 Å². The largest absolute Gasteiger partial charge is 0.481 e. The third-order valence-electron chi connectivity index (χ3n) is 3.96. The molecule has 0 spiro atoms. The van der Waals surface area contributed by atoms with Gasteiger partial charge in [0.25, 0.3) is 5.91 Å². The number of aromatic nitrogens is 1. The van der Waals surface area contributed by atoms with Crippen LogP contribution in [0.25, 0.3) is 6.08 Å². The smallest absolute Gasteiger partial charge is 0.303 e. The van der Waals surface area contributed by atoms with Crippen LogP contribution in [-0.4, -0.2) is 43.6 Å². The molecular weight excluding hydrogens is 430 g/mol. The van der Waals surface area contributed by atoms with E-state index in [9.17, 15) is 14.4 Å². The number of amides is 2. The highest BCUT2D eigenvalue weighted by atomic mass is 32.2. The van der Waals surface area contributed by atoms with Crippen LogP contribution in [0.3, 0.4) is 0 Å². The second-order valence-corrected chi connectivity index (χ2v) is 8.59. The Balaban J connectivity index is 1.77. The zero-order chi connectivity index (χ0) is 21.0. The monoisotopic (exact) mass is 447 g/mol. The van der Waals surface area contributed by atoms with Gasteiger partial charge in [-0.1, -0.05) is 42.2 Å². The summed E-state index contributed by atoms with van der Waals surface area (Å²) in [6.07, 6.45) is 1.95. The molecular formula is C19H17N3O4S3. The Morgan fingerprint density at radius 1 is 1.31 bits per heavy atom. The number of thioether (sulfide) groups is 1. The molecule has 1 N–H and O–H groups in total. The van der Waals surface area contributed by atoms with E-state index >= 15 is 0 Å². The highest BCUT2D eigenvalue weighted by molar-refractivity contribution is 8.26. The summed E-state index contributed by atoms with van der Waals surface area (Å²) in [7, 11) is 0. The number of nitrogens with zero attached hydrogens (tertiary/aromatic N) is 3. The van der Waals surface area contributed by atoms with Crippen molar-refractivity contribution in [3.8, 4) is 0 Å². The average molecular weight is 448 g/mol. The van der Waals surface area contributed by atoms with Crippen LogP contribution < -0.4 is 4.90 Å². The first-order valence-electron chi connectivity index (χ1n) is 8.65. The maximum atomic E-state index is 12.6. The predicted molar refractivity (Wildman–Crippen MR) is 118 cm³/mol. The number of thiazole rings is 1. The number of para-hydroxylation sites is 1. The van der Waals surface area contributed by atoms with Crippen LogP contribution in [0.1, 0.15) is 25.5 Å². The second-order valence-electron chi connectivity index (χ2n) is 6.08. The fourth-order valence-electron chi connectivity index (χ4n) is 2.66. The molecule has 0 radical (unpaired) electrons. The van der Waals surface area contributed by atoms with Crippen molar-refractivity contribution in [2.45, 2.75) is 19.8 Å². The van der Waals surface area contributed by atoms with Crippen LogP contribution in [0, 0.1) is 0 Å². The van der Waals surface area contributed by atoms with E-state index in [-0.39, 0.29) is 24.8 Å². The maximum absolute atomic E-state index is 12.6. The Bertz CT molecular complexity index is 988. The lowest BCUT2D eigenvalue weighted by Crippen LogP contribution is -2.29. The zero-order valence-corrected chi connectivity index (χ0v) is 17.9. The van der Waals surface area contributed by atoms with E-state index in [0.717, 1.165) is 11.8 Å². The molecule has 150 valence electrons. The summed E-state index contributed by atoms with van der Waals surface area (Å²) in [5.74, 6) is -1.33. The number of carbonyl (C=O) groups excluding carboxylic acids is 2. The number of carboxylic acids is 1. The number of hydrogen-bond donors (Lipinski definition) is 1. The van der Waals surface area contributed by atoms with E-state index in [1.165, 1.54) is 28.1 Å². The SMILES string of the molecule is CC(=O)N(c1ccccc1)c1nc(C=C2SC(=S)N(CCCC(=O)O)C2=O)cs1. The van der Waals surface area contributed by atoms with Crippen LogP contribution in [0.4, 0.5) is 10.8 Å². The van der Waals surface area contributed by atoms with Gasteiger partial charge in [-0.05, 0) is 24.6 Å². The third-order valence-corrected chi connectivity index (χ3v) is 6.18. The first kappa shape index (κ1) is 21.2. The lowest BCUT2D eigenvalue weighted by atomic mass is 10.3. The minimum atomic E-state index is -0.908. The second kappa shape index (κ2) is 9.29. The highest BCUT2D eigenvalue weighted by Crippen LogP contribution is 2.34. The van der Waals surface area contributed by atoms with Gasteiger partial charge in [0, 0.05) is 25.3 Å². The number of thiocarbonyl (C=S) groups is 1. The normalized spacial score (nSPS) is 15.2. The molecule has 2 heterocycles. The average Bonchev–Trinajstić information content (AvgIpc) is 3.22. The van der Waals surface area contributed by atoms with Crippen LogP contribution in [0.5, 0.6) is 0 Å². The topological polar surface area (TPSA) is 90.8 Å². The number of anilines is 2. The minimum absolute atomic E-state index is 0.0219. The van der Waals surface area contributed by atoms with Gasteiger partial charge in [-0.15, -0.1) is 11.3 Å². The van der Waals surface area contributed by atoms with Gasteiger partial charge in [0.1, 0.15) is 4.32 Å². The Morgan fingerprint density at radius 3 is 2.69 bits per heavy atom. The standard InChI is InChI=1S/C19H17N3O4S3/c1-12(23)22(14-6-3-2-4-7-14)18-20-13(11-28-18)10-15-17(26)21(19(27)29-15)9-5-8-16(24)25/h2-4,6-7,10-11H,5,8-9H2,1H3,(H,24,25). The molecule has 0 aliphatic carbocycles. The fourth-order valence-corrected chi connectivity index (χ4v) is 4.80. The van der Waals surface area contributed by atoms with Gasteiger partial charge in [0.05, 0.1) is 16.3 Å². The molecule has 1 aliphatic rings.